The molecule has 88 heavy (non-hydrogen) atoms. The third-order valence-corrected chi connectivity index (χ3v) is 18.1. The first-order valence-corrected chi connectivity index (χ1v) is 38.7. The quantitative estimate of drug-likeness (QED) is 0.0222. The maximum absolute atomic E-state index is 13.0. The highest BCUT2D eigenvalue weighted by molar-refractivity contribution is 7.47. The van der Waals surface area contributed by atoms with E-state index in [1.165, 1.54) is 128 Å². The van der Waals surface area contributed by atoms with Gasteiger partial charge in [0.05, 0.1) is 26.4 Å². The highest BCUT2D eigenvalue weighted by Gasteiger charge is 2.30. The van der Waals surface area contributed by atoms with Gasteiger partial charge in [-0.3, -0.25) is 37.3 Å². The number of rotatable bonds is 66. The summed E-state index contributed by atoms with van der Waals surface area (Å²) in [7, 11) is -9.90. The lowest BCUT2D eigenvalue weighted by Crippen LogP contribution is -2.30. The number of carbonyl (C=O) groups is 4. The highest BCUT2D eigenvalue weighted by Crippen LogP contribution is 2.45. The third-order valence-electron chi connectivity index (χ3n) is 16.2. The first-order chi connectivity index (χ1) is 42.1. The summed E-state index contributed by atoms with van der Waals surface area (Å²) < 4.78 is 68.1. The zero-order chi connectivity index (χ0) is 65.4. The second-order valence-corrected chi connectivity index (χ2v) is 29.5. The minimum atomic E-state index is -4.95. The van der Waals surface area contributed by atoms with Gasteiger partial charge in [-0.2, -0.15) is 0 Å². The van der Waals surface area contributed by atoms with Crippen LogP contribution in [0.4, 0.5) is 0 Å². The molecule has 0 saturated heterocycles. The zero-order valence-corrected chi connectivity index (χ0v) is 59.1. The Bertz CT molecular complexity index is 1750. The number of ether oxygens (including phenoxy) is 4. The van der Waals surface area contributed by atoms with Crippen molar-refractivity contribution in [1.82, 2.24) is 0 Å². The molecule has 3 N–H and O–H groups in total. The van der Waals surface area contributed by atoms with Crippen molar-refractivity contribution in [2.45, 2.75) is 356 Å². The van der Waals surface area contributed by atoms with Crippen LogP contribution in [-0.4, -0.2) is 96.7 Å². The minimum Gasteiger partial charge on any atom is -0.462 e. The first-order valence-electron chi connectivity index (χ1n) is 35.7. The van der Waals surface area contributed by atoms with E-state index in [1.807, 2.05) is 0 Å². The summed E-state index contributed by atoms with van der Waals surface area (Å²) in [6.07, 6.45) is 40.7. The van der Waals surface area contributed by atoms with Crippen molar-refractivity contribution < 1.29 is 80.2 Å². The van der Waals surface area contributed by atoms with E-state index >= 15 is 0 Å². The van der Waals surface area contributed by atoms with E-state index < -0.39 is 97.5 Å². The van der Waals surface area contributed by atoms with Gasteiger partial charge in [-0.15, -0.1) is 0 Å². The van der Waals surface area contributed by atoms with Crippen LogP contribution in [0, 0.1) is 23.7 Å². The molecule has 0 aliphatic carbocycles. The van der Waals surface area contributed by atoms with Gasteiger partial charge in [0.1, 0.15) is 19.3 Å². The third kappa shape index (κ3) is 61.6. The van der Waals surface area contributed by atoms with Crippen molar-refractivity contribution in [3.05, 3.63) is 0 Å². The monoisotopic (exact) mass is 1300 g/mol. The lowest BCUT2D eigenvalue weighted by molar-refractivity contribution is -0.161. The molecule has 0 saturated carbocycles. The van der Waals surface area contributed by atoms with Crippen LogP contribution in [0.15, 0.2) is 0 Å². The predicted molar refractivity (Wildman–Crippen MR) is 354 cm³/mol. The van der Waals surface area contributed by atoms with Crippen molar-refractivity contribution in [2.75, 3.05) is 39.6 Å². The van der Waals surface area contributed by atoms with Gasteiger partial charge >= 0.3 is 39.5 Å². The normalized spacial score (nSPS) is 14.6. The van der Waals surface area contributed by atoms with E-state index in [-0.39, 0.29) is 25.7 Å². The van der Waals surface area contributed by atoms with Crippen LogP contribution in [0.1, 0.15) is 338 Å². The van der Waals surface area contributed by atoms with E-state index in [4.69, 9.17) is 37.0 Å². The maximum atomic E-state index is 13.0. The Morgan fingerprint density at radius 1 is 0.318 bits per heavy atom. The molecule has 17 nitrogen and oxygen atoms in total. The van der Waals surface area contributed by atoms with Crippen LogP contribution in [0.3, 0.4) is 0 Å². The number of phosphoric ester groups is 2. The first kappa shape index (κ1) is 86.1. The molecule has 19 heteroatoms. The number of phosphoric acid groups is 2. The molecule has 0 amide bonds. The van der Waals surface area contributed by atoms with Gasteiger partial charge in [0, 0.05) is 25.7 Å². The van der Waals surface area contributed by atoms with Gasteiger partial charge in [0.25, 0.3) is 0 Å². The fraction of sp³-hybridized carbons (Fsp3) is 0.942. The fourth-order valence-electron chi connectivity index (χ4n) is 10.3. The molecular formula is C69H134O17P2. The van der Waals surface area contributed by atoms with Gasteiger partial charge in [-0.05, 0) is 49.4 Å². The van der Waals surface area contributed by atoms with Crippen LogP contribution in [0.25, 0.3) is 0 Å². The molecule has 0 radical (unpaired) electrons. The van der Waals surface area contributed by atoms with Gasteiger partial charge in [-0.25, -0.2) is 9.13 Å². The fourth-order valence-corrected chi connectivity index (χ4v) is 11.9. The molecule has 522 valence electrons. The Balaban J connectivity index is 5.19. The van der Waals surface area contributed by atoms with E-state index in [0.717, 1.165) is 115 Å². The van der Waals surface area contributed by atoms with E-state index in [9.17, 15) is 43.2 Å². The number of hydrogen-bond acceptors (Lipinski definition) is 15. The number of aliphatic hydroxyl groups excluding tert-OH is 1. The van der Waals surface area contributed by atoms with E-state index in [0.29, 0.717) is 37.5 Å². The second kappa shape index (κ2) is 58.8. The summed E-state index contributed by atoms with van der Waals surface area (Å²) >= 11 is 0. The van der Waals surface area contributed by atoms with Crippen LogP contribution in [0.5, 0.6) is 0 Å². The lowest BCUT2D eigenvalue weighted by Gasteiger charge is -2.21. The molecule has 0 aliphatic rings. The average molecular weight is 1300 g/mol. The molecule has 0 rings (SSSR count). The molecule has 0 bridgehead atoms. The van der Waals surface area contributed by atoms with E-state index in [2.05, 4.69) is 55.4 Å². The molecule has 0 aromatic carbocycles. The predicted octanol–water partition coefficient (Wildman–Crippen LogP) is 19.3. The topological polar surface area (TPSA) is 237 Å². The molecule has 3 unspecified atom stereocenters. The molecule has 6 atom stereocenters. The van der Waals surface area contributed by atoms with Crippen molar-refractivity contribution in [1.29, 1.82) is 0 Å². The largest absolute Gasteiger partial charge is 0.472 e. The van der Waals surface area contributed by atoms with Crippen LogP contribution in [0.2, 0.25) is 0 Å². The molecular weight excluding hydrogens is 1160 g/mol. The molecule has 0 aromatic rings. The van der Waals surface area contributed by atoms with Gasteiger partial charge in [0.2, 0.25) is 0 Å². The van der Waals surface area contributed by atoms with Crippen molar-refractivity contribution in [3.63, 3.8) is 0 Å². The Hall–Kier alpha value is -1.94. The Kier molecular flexibility index (Phi) is 57.6. The Labute approximate surface area is 537 Å². The average Bonchev–Trinajstić information content (AvgIpc) is 3.70. The summed E-state index contributed by atoms with van der Waals surface area (Å²) in [6.45, 7) is 14.0. The molecule has 0 heterocycles. The Morgan fingerprint density at radius 3 is 0.807 bits per heavy atom. The van der Waals surface area contributed by atoms with Crippen molar-refractivity contribution in [3.8, 4) is 0 Å². The standard InChI is InChI=1S/C69H134O17P2/c1-9-62(8)48-40-32-26-28-34-42-50-67(72)80-56-64(85-68(73)51-43-35-23-19-17-15-13-11-10-12-14-16-18-21-29-37-45-59(2)3)57-83-87(75,76)81-53-63(70)54-82-88(77,78)84-58-65(55-79-66(71)49-41-33-27-25-31-39-47-61(6)7)86-69(74)52-44-36-24-20-22-30-38-46-60(4)5/h59-65,70H,9-58H2,1-8H3,(H,75,76)(H,77,78)/t62?,63-,64-,65-/m1/s1. The number of aliphatic hydroxyl groups is 1. The zero-order valence-electron chi connectivity index (χ0n) is 57.3. The van der Waals surface area contributed by atoms with Crippen LogP contribution >= 0.6 is 15.6 Å². The summed E-state index contributed by atoms with van der Waals surface area (Å²) in [5.41, 5.74) is 0. The number of unbranched alkanes of at least 4 members (excludes halogenated alkanes) is 31. The van der Waals surface area contributed by atoms with Crippen molar-refractivity contribution >= 4 is 39.5 Å². The maximum Gasteiger partial charge on any atom is 0.472 e. The summed E-state index contributed by atoms with van der Waals surface area (Å²) in [5, 5.41) is 10.6. The highest BCUT2D eigenvalue weighted by atomic mass is 31.2. The molecule has 0 aliphatic heterocycles. The van der Waals surface area contributed by atoms with Gasteiger partial charge in [-0.1, -0.05) is 287 Å². The van der Waals surface area contributed by atoms with Crippen molar-refractivity contribution in [2.24, 2.45) is 23.7 Å². The smallest absolute Gasteiger partial charge is 0.462 e. The summed E-state index contributed by atoms with van der Waals surface area (Å²) in [4.78, 5) is 72.4. The van der Waals surface area contributed by atoms with E-state index in [1.54, 1.807) is 0 Å². The SMILES string of the molecule is CCC(C)CCCCCCCCC(=O)OC[C@H](COP(=O)(O)OC[C@@H](O)COP(=O)(O)OC[C@@H](COC(=O)CCCCCCCCC(C)C)OC(=O)CCCCCCCCCC(C)C)OC(=O)CCCCCCCCCCCCCCCCCCC(C)C. The molecule has 0 spiro atoms. The summed E-state index contributed by atoms with van der Waals surface area (Å²) in [5.74, 6) is 0.779. The minimum absolute atomic E-state index is 0.102. The van der Waals surface area contributed by atoms with Crippen LogP contribution < -0.4 is 0 Å². The van der Waals surface area contributed by atoms with Gasteiger partial charge in [0.15, 0.2) is 12.2 Å². The van der Waals surface area contributed by atoms with Crippen LogP contribution in [-0.2, 0) is 65.4 Å². The lowest BCUT2D eigenvalue weighted by atomic mass is 10.00. The number of esters is 4. The van der Waals surface area contributed by atoms with Gasteiger partial charge < -0.3 is 33.8 Å². The Morgan fingerprint density at radius 2 is 0.545 bits per heavy atom. The summed E-state index contributed by atoms with van der Waals surface area (Å²) in [6, 6.07) is 0. The molecule has 0 fully saturated rings. The number of hydrogen-bond donors (Lipinski definition) is 3. The number of carbonyl (C=O) groups excluding carboxylic acids is 4. The molecule has 0 aromatic heterocycles. The second-order valence-electron chi connectivity index (χ2n) is 26.6.